The Kier molecular flexibility index (Phi) is 3.97. The molecule has 1 saturated heterocycles. The fraction of sp³-hybridized carbons (Fsp3) is 0.533. The van der Waals surface area contributed by atoms with E-state index in [9.17, 15) is 8.42 Å². The van der Waals surface area contributed by atoms with Crippen LogP contribution in [0.5, 0.6) is 0 Å². The lowest BCUT2D eigenvalue weighted by Gasteiger charge is -2.31. The molecule has 0 bridgehead atoms. The Hall–Kier alpha value is -2.00. The summed E-state index contributed by atoms with van der Waals surface area (Å²) >= 11 is 0. The van der Waals surface area contributed by atoms with Crippen molar-refractivity contribution in [1.82, 2.24) is 24.1 Å². The Morgan fingerprint density at radius 1 is 1.12 bits per heavy atom. The van der Waals surface area contributed by atoms with Gasteiger partial charge < -0.3 is 5.32 Å². The maximum atomic E-state index is 12.3. The van der Waals surface area contributed by atoms with Gasteiger partial charge in [-0.15, -0.1) is 0 Å². The molecule has 0 unspecified atom stereocenters. The Morgan fingerprint density at radius 2 is 1.92 bits per heavy atom. The lowest BCUT2D eigenvalue weighted by Crippen LogP contribution is -2.43. The van der Waals surface area contributed by atoms with Gasteiger partial charge in [0.1, 0.15) is 5.82 Å². The first-order valence-corrected chi connectivity index (χ1v) is 9.71. The van der Waals surface area contributed by atoms with Gasteiger partial charge in [-0.3, -0.25) is 4.98 Å². The van der Waals surface area contributed by atoms with Gasteiger partial charge in [-0.05, 0) is 31.7 Å². The van der Waals surface area contributed by atoms with Crippen LogP contribution in [-0.2, 0) is 10.0 Å². The van der Waals surface area contributed by atoms with Gasteiger partial charge in [-0.1, -0.05) is 0 Å². The van der Waals surface area contributed by atoms with Crippen LogP contribution in [0.25, 0.3) is 5.82 Å². The maximum Gasteiger partial charge on any atom is 0.216 e. The summed E-state index contributed by atoms with van der Waals surface area (Å²) in [5.74, 6) is 1.34. The molecular weight excluding hydrogens is 328 g/mol. The van der Waals surface area contributed by atoms with Crippen molar-refractivity contribution in [3.8, 4) is 5.82 Å². The molecule has 9 heteroatoms. The largest absolute Gasteiger partial charge is 0.366 e. The predicted molar refractivity (Wildman–Crippen MR) is 89.3 cm³/mol. The van der Waals surface area contributed by atoms with E-state index in [1.807, 2.05) is 12.3 Å². The van der Waals surface area contributed by atoms with E-state index < -0.39 is 10.0 Å². The zero-order chi connectivity index (χ0) is 16.6. The van der Waals surface area contributed by atoms with Gasteiger partial charge in [0, 0.05) is 31.5 Å². The molecule has 2 aliphatic rings. The summed E-state index contributed by atoms with van der Waals surface area (Å²) in [6.45, 7) is 1.14. The first kappa shape index (κ1) is 15.5. The third kappa shape index (κ3) is 3.13. The van der Waals surface area contributed by atoms with Crippen LogP contribution in [0.15, 0.2) is 30.9 Å². The molecule has 24 heavy (non-hydrogen) atoms. The topological polar surface area (TPSA) is 93.0 Å². The highest BCUT2D eigenvalue weighted by atomic mass is 32.2. The molecule has 2 aromatic heterocycles. The molecule has 2 aromatic rings. The van der Waals surface area contributed by atoms with E-state index in [-0.39, 0.29) is 11.3 Å². The van der Waals surface area contributed by atoms with Crippen molar-refractivity contribution in [2.45, 2.75) is 37.0 Å². The van der Waals surface area contributed by atoms with E-state index in [0.717, 1.165) is 25.7 Å². The highest BCUT2D eigenvalue weighted by Gasteiger charge is 2.41. The summed E-state index contributed by atoms with van der Waals surface area (Å²) in [5.41, 5.74) is 0. The standard InChI is InChI=1S/C15H20N6O2S/c22-24(23,13-2-3-13)20-8-4-12(5-9-20)18-14-10-16-11-15(19-14)21-7-1-6-17-21/h1,6-7,10-13H,2-5,8-9H2,(H,18,19). The van der Waals surface area contributed by atoms with Gasteiger partial charge in [-0.25, -0.2) is 22.4 Å². The van der Waals surface area contributed by atoms with Gasteiger partial charge in [-0.2, -0.15) is 5.10 Å². The third-order valence-corrected chi connectivity index (χ3v) is 6.87. The molecule has 0 spiro atoms. The molecule has 0 amide bonds. The second kappa shape index (κ2) is 6.14. The Balaban J connectivity index is 1.38. The SMILES string of the molecule is O=S(=O)(C1CC1)N1CCC(Nc2cncc(-n3cccn3)n2)CC1. The van der Waals surface area contributed by atoms with Gasteiger partial charge in [0.15, 0.2) is 5.82 Å². The Bertz CT molecular complexity index is 795. The molecule has 0 radical (unpaired) electrons. The number of hydrogen-bond acceptors (Lipinski definition) is 6. The lowest BCUT2D eigenvalue weighted by molar-refractivity contribution is 0.329. The molecule has 1 aliphatic carbocycles. The second-order valence-corrected chi connectivity index (χ2v) is 8.49. The van der Waals surface area contributed by atoms with E-state index >= 15 is 0 Å². The van der Waals surface area contributed by atoms with E-state index in [0.29, 0.717) is 24.7 Å². The smallest absolute Gasteiger partial charge is 0.216 e. The summed E-state index contributed by atoms with van der Waals surface area (Å²) in [4.78, 5) is 8.71. The van der Waals surface area contributed by atoms with Crippen LogP contribution >= 0.6 is 0 Å². The minimum absolute atomic E-state index is 0.126. The summed E-state index contributed by atoms with van der Waals surface area (Å²) in [6.07, 6.45) is 10.0. The van der Waals surface area contributed by atoms with Crippen LogP contribution in [-0.4, -0.2) is 56.9 Å². The van der Waals surface area contributed by atoms with E-state index in [2.05, 4.69) is 20.4 Å². The highest BCUT2D eigenvalue weighted by Crippen LogP contribution is 2.32. The zero-order valence-electron chi connectivity index (χ0n) is 13.2. The second-order valence-electron chi connectivity index (χ2n) is 6.28. The Labute approximate surface area is 141 Å². The molecule has 2 fully saturated rings. The van der Waals surface area contributed by atoms with Crippen LogP contribution in [0, 0.1) is 0 Å². The van der Waals surface area contributed by atoms with Crippen LogP contribution in [0.1, 0.15) is 25.7 Å². The molecule has 1 N–H and O–H groups in total. The fourth-order valence-corrected chi connectivity index (χ4v) is 4.85. The normalized spacial score (nSPS) is 20.2. The molecule has 1 saturated carbocycles. The molecule has 0 aromatic carbocycles. The molecule has 8 nitrogen and oxygen atoms in total. The van der Waals surface area contributed by atoms with Crippen molar-refractivity contribution >= 4 is 15.8 Å². The third-order valence-electron chi connectivity index (χ3n) is 4.47. The van der Waals surface area contributed by atoms with Crippen molar-refractivity contribution < 1.29 is 8.42 Å². The number of nitrogens with one attached hydrogen (secondary N) is 1. The number of nitrogens with zero attached hydrogens (tertiary/aromatic N) is 5. The summed E-state index contributed by atoms with van der Waals surface area (Å²) in [5, 5.41) is 7.38. The van der Waals surface area contributed by atoms with Crippen LogP contribution < -0.4 is 5.32 Å². The summed E-state index contributed by atoms with van der Waals surface area (Å²) in [7, 11) is -3.06. The molecule has 0 atom stereocenters. The number of aromatic nitrogens is 4. The van der Waals surface area contributed by atoms with Crippen molar-refractivity contribution in [1.29, 1.82) is 0 Å². The molecule has 128 valence electrons. The maximum absolute atomic E-state index is 12.3. The number of piperidine rings is 1. The van der Waals surface area contributed by atoms with Crippen molar-refractivity contribution in [2.75, 3.05) is 18.4 Å². The Morgan fingerprint density at radius 3 is 2.58 bits per heavy atom. The monoisotopic (exact) mass is 348 g/mol. The molecule has 4 rings (SSSR count). The molecule has 1 aliphatic heterocycles. The van der Waals surface area contributed by atoms with Crippen molar-refractivity contribution in [2.24, 2.45) is 0 Å². The highest BCUT2D eigenvalue weighted by molar-refractivity contribution is 7.90. The van der Waals surface area contributed by atoms with Crippen LogP contribution in [0.3, 0.4) is 0 Å². The number of hydrogen-bond donors (Lipinski definition) is 1. The number of anilines is 1. The minimum Gasteiger partial charge on any atom is -0.366 e. The van der Waals surface area contributed by atoms with E-state index in [1.54, 1.807) is 27.6 Å². The summed E-state index contributed by atoms with van der Waals surface area (Å²) in [6, 6.07) is 2.04. The minimum atomic E-state index is -3.06. The van der Waals surface area contributed by atoms with Crippen molar-refractivity contribution in [3.63, 3.8) is 0 Å². The first-order valence-electron chi connectivity index (χ1n) is 8.20. The van der Waals surface area contributed by atoms with Gasteiger partial charge in [0.25, 0.3) is 0 Å². The van der Waals surface area contributed by atoms with Crippen molar-refractivity contribution in [3.05, 3.63) is 30.9 Å². The average molecular weight is 348 g/mol. The summed E-state index contributed by atoms with van der Waals surface area (Å²) < 4.78 is 27.8. The van der Waals surface area contributed by atoms with Crippen LogP contribution in [0.4, 0.5) is 5.82 Å². The number of sulfonamides is 1. The quantitative estimate of drug-likeness (QED) is 0.867. The van der Waals surface area contributed by atoms with E-state index in [4.69, 9.17) is 0 Å². The molecular formula is C15H20N6O2S. The van der Waals surface area contributed by atoms with Gasteiger partial charge in [0.05, 0.1) is 17.6 Å². The average Bonchev–Trinajstić information content (AvgIpc) is 3.32. The molecule has 3 heterocycles. The first-order chi connectivity index (χ1) is 11.6. The zero-order valence-corrected chi connectivity index (χ0v) is 14.1. The van der Waals surface area contributed by atoms with Gasteiger partial charge in [0.2, 0.25) is 10.0 Å². The number of rotatable bonds is 5. The van der Waals surface area contributed by atoms with Gasteiger partial charge >= 0.3 is 0 Å². The fourth-order valence-electron chi connectivity index (χ4n) is 2.98. The van der Waals surface area contributed by atoms with E-state index in [1.165, 1.54) is 0 Å². The van der Waals surface area contributed by atoms with Crippen LogP contribution in [0.2, 0.25) is 0 Å². The predicted octanol–water partition coefficient (Wildman–Crippen LogP) is 1.03. The lowest BCUT2D eigenvalue weighted by atomic mass is 10.1.